The van der Waals surface area contributed by atoms with Gasteiger partial charge in [0.15, 0.2) is 17.3 Å². The molecule has 0 radical (unpaired) electrons. The van der Waals surface area contributed by atoms with E-state index in [1.807, 2.05) is 48.7 Å². The maximum absolute atomic E-state index is 12.8. The van der Waals surface area contributed by atoms with Crippen molar-refractivity contribution in [3.63, 3.8) is 0 Å². The van der Waals surface area contributed by atoms with Crippen LogP contribution < -0.4 is 10.2 Å². The number of nitrogens with zero attached hydrogens (tertiary/aromatic N) is 6. The summed E-state index contributed by atoms with van der Waals surface area (Å²) >= 11 is 0. The Morgan fingerprint density at radius 2 is 1.80 bits per heavy atom. The number of pyridine rings is 2. The van der Waals surface area contributed by atoms with Gasteiger partial charge in [0.25, 0.3) is 0 Å². The molecule has 1 aliphatic carbocycles. The average molecular weight is 536 g/mol. The third-order valence-electron chi connectivity index (χ3n) is 8.22. The number of anilines is 2. The van der Waals surface area contributed by atoms with E-state index in [1.54, 1.807) is 0 Å². The summed E-state index contributed by atoms with van der Waals surface area (Å²) in [5.74, 6) is 1.78. The van der Waals surface area contributed by atoms with Crippen molar-refractivity contribution < 1.29 is 4.79 Å². The number of hydrogen-bond acceptors (Lipinski definition) is 7. The number of benzene rings is 1. The minimum Gasteiger partial charge on any atom is -0.352 e. The van der Waals surface area contributed by atoms with Crippen LogP contribution in [0.2, 0.25) is 0 Å². The number of imidazole rings is 1. The molecule has 1 aromatic carbocycles. The van der Waals surface area contributed by atoms with Crippen molar-refractivity contribution in [2.45, 2.75) is 32.1 Å². The molecule has 1 saturated carbocycles. The molecule has 1 saturated heterocycles. The van der Waals surface area contributed by atoms with Gasteiger partial charge < -0.3 is 20.1 Å². The smallest absolute Gasteiger partial charge is 0.227 e. The minimum atomic E-state index is 0.108. The van der Waals surface area contributed by atoms with Crippen LogP contribution in [-0.2, 0) is 4.79 Å². The number of hydrogen-bond donors (Lipinski definition) is 3. The van der Waals surface area contributed by atoms with Gasteiger partial charge in [-0.25, -0.2) is 15.0 Å². The first-order chi connectivity index (χ1) is 19.6. The molecule has 0 spiro atoms. The van der Waals surface area contributed by atoms with Gasteiger partial charge >= 0.3 is 0 Å². The van der Waals surface area contributed by atoms with E-state index in [9.17, 15) is 4.79 Å². The maximum atomic E-state index is 12.8. The van der Waals surface area contributed by atoms with Crippen molar-refractivity contribution in [1.82, 2.24) is 35.0 Å². The lowest BCUT2D eigenvalue weighted by Gasteiger charge is -2.33. The van der Waals surface area contributed by atoms with E-state index in [1.165, 1.54) is 6.42 Å². The molecule has 0 bridgehead atoms. The van der Waals surface area contributed by atoms with Crippen LogP contribution in [0.15, 0.2) is 48.7 Å². The molecule has 2 aliphatic rings. The first-order valence-electron chi connectivity index (χ1n) is 14.2. The third kappa shape index (κ3) is 4.68. The molecular weight excluding hydrogens is 502 g/mol. The van der Waals surface area contributed by atoms with Gasteiger partial charge in [-0.3, -0.25) is 9.89 Å². The molecule has 0 unspecified atom stereocenters. The van der Waals surface area contributed by atoms with Crippen molar-refractivity contribution in [3.8, 4) is 22.8 Å². The van der Waals surface area contributed by atoms with Gasteiger partial charge in [0, 0.05) is 49.5 Å². The Morgan fingerprint density at radius 3 is 2.65 bits per heavy atom. The topological polar surface area (TPSA) is 119 Å². The van der Waals surface area contributed by atoms with Crippen molar-refractivity contribution in [2.75, 3.05) is 43.4 Å². The molecular formula is C30H33N9O. The lowest BCUT2D eigenvalue weighted by atomic mass is 9.88. The Bertz CT molecular complexity index is 1680. The molecule has 2 fully saturated rings. The number of likely N-dealkylation sites (N-methyl/N-ethyl adjacent to an activating group) is 1. The number of H-pyrrole nitrogens is 2. The normalized spacial score (nSPS) is 17.1. The highest BCUT2D eigenvalue weighted by molar-refractivity contribution is 5.95. The highest BCUT2D eigenvalue weighted by atomic mass is 16.1. The highest BCUT2D eigenvalue weighted by Crippen LogP contribution is 2.31. The summed E-state index contributed by atoms with van der Waals surface area (Å²) in [7, 11) is 2.14. The molecule has 204 valence electrons. The van der Waals surface area contributed by atoms with E-state index >= 15 is 0 Å². The fourth-order valence-corrected chi connectivity index (χ4v) is 5.87. The molecule has 5 heterocycles. The Hall–Kier alpha value is -4.31. The predicted octanol–water partition coefficient (Wildman–Crippen LogP) is 4.83. The molecule has 5 aromatic rings. The van der Waals surface area contributed by atoms with Crippen LogP contribution in [0, 0.1) is 5.92 Å². The maximum Gasteiger partial charge on any atom is 0.227 e. The lowest BCUT2D eigenvalue weighted by Crippen LogP contribution is -2.44. The van der Waals surface area contributed by atoms with E-state index in [-0.39, 0.29) is 11.8 Å². The van der Waals surface area contributed by atoms with Crippen LogP contribution in [0.25, 0.3) is 44.8 Å². The fraction of sp³-hybridized carbons (Fsp3) is 0.367. The summed E-state index contributed by atoms with van der Waals surface area (Å²) in [5, 5.41) is 10.8. The Labute approximate surface area is 232 Å². The van der Waals surface area contributed by atoms with Crippen molar-refractivity contribution in [3.05, 3.63) is 48.7 Å². The van der Waals surface area contributed by atoms with Gasteiger partial charge in [0.1, 0.15) is 11.0 Å². The molecule has 10 heteroatoms. The summed E-state index contributed by atoms with van der Waals surface area (Å²) in [6.45, 7) is 3.83. The average Bonchev–Trinajstić information content (AvgIpc) is 3.62. The lowest BCUT2D eigenvalue weighted by molar-refractivity contribution is -0.120. The Balaban J connectivity index is 1.19. The number of carbonyl (C=O) groups is 1. The summed E-state index contributed by atoms with van der Waals surface area (Å²) in [5.41, 5.74) is 6.54. The summed E-state index contributed by atoms with van der Waals surface area (Å²) in [4.78, 5) is 35.5. The van der Waals surface area contributed by atoms with Gasteiger partial charge in [-0.1, -0.05) is 31.4 Å². The van der Waals surface area contributed by atoms with E-state index in [2.05, 4.69) is 42.3 Å². The van der Waals surface area contributed by atoms with Crippen LogP contribution in [0.4, 0.5) is 11.5 Å². The van der Waals surface area contributed by atoms with Crippen LogP contribution >= 0.6 is 0 Å². The van der Waals surface area contributed by atoms with Crippen LogP contribution in [0.5, 0.6) is 0 Å². The quantitative estimate of drug-likeness (QED) is 0.295. The summed E-state index contributed by atoms with van der Waals surface area (Å²) < 4.78 is 0. The highest BCUT2D eigenvalue weighted by Gasteiger charge is 2.23. The predicted molar refractivity (Wildman–Crippen MR) is 157 cm³/mol. The minimum absolute atomic E-state index is 0.108. The fourth-order valence-electron chi connectivity index (χ4n) is 5.87. The first-order valence-corrected chi connectivity index (χ1v) is 14.2. The Kier molecular flexibility index (Phi) is 6.39. The standard InChI is InChI=1S/C30H33N9O/c1-38-14-16-39(17-15-38)29-26-23(12-13-31-29)34-28(35-26)27-25-24(36-37-27)11-10-22(33-25)20-8-5-9-21(18-20)32-30(40)19-6-3-2-4-7-19/h5,8-13,18-19H,2-4,6-7,14-17H2,1H3,(H,32,40)(H,34,35)(H,36,37). The van der Waals surface area contributed by atoms with Gasteiger partial charge in [-0.05, 0) is 50.2 Å². The second kappa shape index (κ2) is 10.3. The summed E-state index contributed by atoms with van der Waals surface area (Å²) in [6.07, 6.45) is 7.27. The number of nitrogens with one attached hydrogen (secondary N) is 3. The number of aromatic nitrogens is 6. The van der Waals surface area contributed by atoms with Crippen molar-refractivity contribution >= 4 is 39.5 Å². The van der Waals surface area contributed by atoms with Crippen LogP contribution in [-0.4, -0.2) is 74.2 Å². The zero-order valence-electron chi connectivity index (χ0n) is 22.7. The van der Waals surface area contributed by atoms with E-state index in [4.69, 9.17) is 9.97 Å². The molecule has 1 amide bonds. The molecule has 10 nitrogen and oxygen atoms in total. The number of piperazine rings is 1. The monoisotopic (exact) mass is 535 g/mol. The molecule has 0 atom stereocenters. The number of amides is 1. The zero-order chi connectivity index (χ0) is 27.1. The largest absolute Gasteiger partial charge is 0.352 e. The van der Waals surface area contributed by atoms with Crippen molar-refractivity contribution in [2.24, 2.45) is 5.92 Å². The van der Waals surface area contributed by atoms with Crippen LogP contribution in [0.3, 0.4) is 0 Å². The van der Waals surface area contributed by atoms with Gasteiger partial charge in [0.2, 0.25) is 5.91 Å². The first kappa shape index (κ1) is 24.7. The van der Waals surface area contributed by atoms with Gasteiger partial charge in [-0.15, -0.1) is 0 Å². The van der Waals surface area contributed by atoms with E-state index in [0.29, 0.717) is 11.5 Å². The van der Waals surface area contributed by atoms with E-state index in [0.717, 1.165) is 96.7 Å². The van der Waals surface area contributed by atoms with E-state index < -0.39 is 0 Å². The van der Waals surface area contributed by atoms with Crippen molar-refractivity contribution in [1.29, 1.82) is 0 Å². The second-order valence-corrected chi connectivity index (χ2v) is 11.0. The second-order valence-electron chi connectivity index (χ2n) is 11.0. The number of aromatic amines is 2. The number of fused-ring (bicyclic) bond motifs is 2. The zero-order valence-corrected chi connectivity index (χ0v) is 22.7. The molecule has 1 aliphatic heterocycles. The Morgan fingerprint density at radius 1 is 0.950 bits per heavy atom. The molecule has 4 aromatic heterocycles. The summed E-state index contributed by atoms with van der Waals surface area (Å²) in [6, 6.07) is 13.8. The molecule has 40 heavy (non-hydrogen) atoms. The molecule has 7 rings (SSSR count). The van der Waals surface area contributed by atoms with Gasteiger partial charge in [0.05, 0.1) is 16.7 Å². The van der Waals surface area contributed by atoms with Gasteiger partial charge in [-0.2, -0.15) is 5.10 Å². The van der Waals surface area contributed by atoms with Crippen LogP contribution in [0.1, 0.15) is 32.1 Å². The molecule has 3 N–H and O–H groups in total. The third-order valence-corrected chi connectivity index (χ3v) is 8.22. The SMILES string of the molecule is CN1CCN(c2nccc3[nH]c(-c4n[nH]c5ccc(-c6cccc(NC(=O)C7CCCCC7)c6)nc45)nc23)CC1. The number of rotatable bonds is 5. The number of carbonyl (C=O) groups excluding carboxylic acids is 1.